The molecule has 1 rings (SSSR count). The third kappa shape index (κ3) is 6.47. The van der Waals surface area contributed by atoms with Gasteiger partial charge in [-0.2, -0.15) is 0 Å². The van der Waals surface area contributed by atoms with Crippen LogP contribution in [0.1, 0.15) is 18.9 Å². The number of carbonyl (C=O) groups excluding carboxylic acids is 1. The minimum Gasteiger partial charge on any atom is -0.497 e. The summed E-state index contributed by atoms with van der Waals surface area (Å²) in [5.41, 5.74) is 1.18. The number of carbonyl (C=O) groups is 2. The highest BCUT2D eigenvalue weighted by molar-refractivity contribution is 5.74. The number of rotatable bonds is 8. The molecule has 0 aliphatic rings. The normalized spacial score (nSPS) is 11.6. The van der Waals surface area contributed by atoms with Crippen molar-refractivity contribution < 1.29 is 19.4 Å². The smallest absolute Gasteiger partial charge is 0.317 e. The lowest BCUT2D eigenvalue weighted by Gasteiger charge is -2.19. The fourth-order valence-corrected chi connectivity index (χ4v) is 2.00. The topological polar surface area (TPSA) is 78.9 Å². The van der Waals surface area contributed by atoms with E-state index in [9.17, 15) is 9.59 Å². The zero-order valence-electron chi connectivity index (χ0n) is 13.3. The van der Waals surface area contributed by atoms with E-state index in [1.165, 1.54) is 10.5 Å². The Morgan fingerprint density at radius 3 is 2.50 bits per heavy atom. The Hall–Kier alpha value is -2.24. The second-order valence-electron chi connectivity index (χ2n) is 5.41. The molecule has 0 aliphatic carbocycles. The molecule has 122 valence electrons. The summed E-state index contributed by atoms with van der Waals surface area (Å²) in [7, 11) is 3.22. The average Bonchev–Trinajstić information content (AvgIpc) is 2.50. The van der Waals surface area contributed by atoms with Crippen LogP contribution >= 0.6 is 0 Å². The summed E-state index contributed by atoms with van der Waals surface area (Å²) in [4.78, 5) is 23.7. The van der Waals surface area contributed by atoms with Gasteiger partial charge >= 0.3 is 12.0 Å². The van der Waals surface area contributed by atoms with Crippen molar-refractivity contribution in [3.63, 3.8) is 0 Å². The first-order chi connectivity index (χ1) is 10.4. The van der Waals surface area contributed by atoms with Crippen molar-refractivity contribution in [3.8, 4) is 5.75 Å². The molecule has 22 heavy (non-hydrogen) atoms. The maximum absolute atomic E-state index is 11.8. The molecular formula is C16H24N2O4. The molecular weight excluding hydrogens is 284 g/mol. The van der Waals surface area contributed by atoms with Crippen LogP contribution in [0.2, 0.25) is 0 Å². The second-order valence-corrected chi connectivity index (χ2v) is 5.41. The number of methoxy groups -OCH3 is 1. The lowest BCUT2D eigenvalue weighted by Crippen LogP contribution is -2.40. The second kappa shape index (κ2) is 8.92. The van der Waals surface area contributed by atoms with Gasteiger partial charge in [-0.05, 0) is 30.0 Å². The average molecular weight is 308 g/mol. The molecule has 0 saturated carbocycles. The third-order valence-corrected chi connectivity index (χ3v) is 3.35. The van der Waals surface area contributed by atoms with Crippen LogP contribution < -0.4 is 10.1 Å². The first kappa shape index (κ1) is 17.8. The number of hydrogen-bond donors (Lipinski definition) is 2. The van der Waals surface area contributed by atoms with Crippen LogP contribution in [0.5, 0.6) is 5.75 Å². The van der Waals surface area contributed by atoms with Gasteiger partial charge in [-0.25, -0.2) is 4.79 Å². The Bertz CT molecular complexity index is 487. The maximum Gasteiger partial charge on any atom is 0.317 e. The van der Waals surface area contributed by atoms with Gasteiger partial charge in [0.2, 0.25) is 0 Å². The molecule has 0 aromatic heterocycles. The number of aliphatic carboxylic acids is 1. The van der Waals surface area contributed by atoms with Gasteiger partial charge in [-0.1, -0.05) is 19.1 Å². The number of amides is 2. The number of carboxylic acids is 1. The number of urea groups is 1. The Balaban J connectivity index is 2.33. The molecule has 2 N–H and O–H groups in total. The number of hydrogen-bond acceptors (Lipinski definition) is 3. The Morgan fingerprint density at radius 1 is 1.32 bits per heavy atom. The fraction of sp³-hybridized carbons (Fsp3) is 0.500. The van der Waals surface area contributed by atoms with Crippen LogP contribution in [0.25, 0.3) is 0 Å². The molecule has 0 saturated heterocycles. The third-order valence-electron chi connectivity index (χ3n) is 3.35. The number of carboxylic acid groups (broad SMARTS) is 1. The van der Waals surface area contributed by atoms with Gasteiger partial charge in [0, 0.05) is 20.1 Å². The molecule has 1 atom stereocenters. The number of ether oxygens (including phenoxy) is 1. The van der Waals surface area contributed by atoms with E-state index < -0.39 is 5.97 Å². The molecule has 0 fully saturated rings. The van der Waals surface area contributed by atoms with E-state index in [0.29, 0.717) is 6.54 Å². The van der Waals surface area contributed by atoms with Crippen LogP contribution in [0.3, 0.4) is 0 Å². The van der Waals surface area contributed by atoms with E-state index in [1.54, 1.807) is 14.2 Å². The van der Waals surface area contributed by atoms with E-state index in [0.717, 1.165) is 12.2 Å². The van der Waals surface area contributed by atoms with Crippen molar-refractivity contribution in [2.75, 3.05) is 27.2 Å². The molecule has 6 heteroatoms. The van der Waals surface area contributed by atoms with Gasteiger partial charge in [-0.3, -0.25) is 4.79 Å². The molecule has 1 unspecified atom stereocenters. The van der Waals surface area contributed by atoms with Crippen LogP contribution in [-0.2, 0) is 11.2 Å². The molecule has 0 spiro atoms. The summed E-state index contributed by atoms with van der Waals surface area (Å²) < 4.78 is 5.11. The molecule has 0 aliphatic heterocycles. The number of nitrogens with one attached hydrogen (secondary N) is 1. The highest BCUT2D eigenvalue weighted by Gasteiger charge is 2.11. The Labute approximate surface area is 131 Å². The molecule has 0 heterocycles. The largest absolute Gasteiger partial charge is 0.497 e. The monoisotopic (exact) mass is 308 g/mol. The first-order valence-corrected chi connectivity index (χ1v) is 7.26. The lowest BCUT2D eigenvalue weighted by molar-refractivity contribution is -0.137. The van der Waals surface area contributed by atoms with E-state index in [4.69, 9.17) is 9.84 Å². The van der Waals surface area contributed by atoms with Crippen molar-refractivity contribution in [1.29, 1.82) is 0 Å². The van der Waals surface area contributed by atoms with Gasteiger partial charge in [0.15, 0.2) is 0 Å². The van der Waals surface area contributed by atoms with Gasteiger partial charge in [0.25, 0.3) is 0 Å². The van der Waals surface area contributed by atoms with Crippen LogP contribution in [0.4, 0.5) is 4.79 Å². The zero-order valence-corrected chi connectivity index (χ0v) is 13.3. The van der Waals surface area contributed by atoms with Gasteiger partial charge < -0.3 is 20.1 Å². The molecule has 2 amide bonds. The summed E-state index contributed by atoms with van der Waals surface area (Å²) in [5, 5.41) is 11.4. The zero-order chi connectivity index (χ0) is 16.5. The van der Waals surface area contributed by atoms with Crippen LogP contribution in [0.15, 0.2) is 24.3 Å². The summed E-state index contributed by atoms with van der Waals surface area (Å²) in [6.45, 7) is 2.80. The van der Waals surface area contributed by atoms with E-state index in [-0.39, 0.29) is 24.9 Å². The Kier molecular flexibility index (Phi) is 7.22. The molecule has 6 nitrogen and oxygen atoms in total. The minimum atomic E-state index is -0.910. The van der Waals surface area contributed by atoms with Gasteiger partial charge in [-0.15, -0.1) is 0 Å². The highest BCUT2D eigenvalue weighted by Crippen LogP contribution is 2.14. The van der Waals surface area contributed by atoms with E-state index >= 15 is 0 Å². The summed E-state index contributed by atoms with van der Waals surface area (Å²) in [6, 6.07) is 7.61. The van der Waals surface area contributed by atoms with Crippen molar-refractivity contribution in [1.82, 2.24) is 10.2 Å². The first-order valence-electron chi connectivity index (χ1n) is 7.26. The highest BCUT2D eigenvalue weighted by atomic mass is 16.5. The lowest BCUT2D eigenvalue weighted by atomic mass is 10.0. The quantitative estimate of drug-likeness (QED) is 0.770. The summed E-state index contributed by atoms with van der Waals surface area (Å²) in [6.07, 6.45) is 0.800. The molecule has 1 aromatic carbocycles. The van der Waals surface area contributed by atoms with Crippen LogP contribution in [-0.4, -0.2) is 49.3 Å². The fourth-order valence-electron chi connectivity index (χ4n) is 2.00. The number of nitrogens with zero attached hydrogens (tertiary/aromatic N) is 1. The number of benzene rings is 1. The minimum absolute atomic E-state index is 0.0503. The maximum atomic E-state index is 11.8. The predicted molar refractivity (Wildman–Crippen MR) is 84.1 cm³/mol. The van der Waals surface area contributed by atoms with Crippen molar-refractivity contribution in [2.45, 2.75) is 19.8 Å². The van der Waals surface area contributed by atoms with Crippen LogP contribution in [0, 0.1) is 5.92 Å². The SMILES string of the molecule is COc1ccc(CC(C)CNC(=O)N(C)CCC(=O)O)cc1. The summed E-state index contributed by atoms with van der Waals surface area (Å²) >= 11 is 0. The van der Waals surface area contributed by atoms with E-state index in [2.05, 4.69) is 12.2 Å². The van der Waals surface area contributed by atoms with Crippen molar-refractivity contribution in [2.24, 2.45) is 5.92 Å². The Morgan fingerprint density at radius 2 is 1.95 bits per heavy atom. The van der Waals surface area contributed by atoms with Gasteiger partial charge in [0.1, 0.15) is 5.75 Å². The predicted octanol–water partition coefficient (Wildman–Crippen LogP) is 1.99. The van der Waals surface area contributed by atoms with Crippen molar-refractivity contribution in [3.05, 3.63) is 29.8 Å². The van der Waals surface area contributed by atoms with E-state index in [1.807, 2.05) is 24.3 Å². The molecule has 0 bridgehead atoms. The molecule has 0 radical (unpaired) electrons. The van der Waals surface area contributed by atoms with Gasteiger partial charge in [0.05, 0.1) is 13.5 Å². The molecule has 1 aromatic rings. The van der Waals surface area contributed by atoms with Crippen molar-refractivity contribution >= 4 is 12.0 Å². The standard InChI is InChI=1S/C16H24N2O4/c1-12(10-13-4-6-14(22-3)7-5-13)11-17-16(21)18(2)9-8-15(19)20/h4-7,12H,8-11H2,1-3H3,(H,17,21)(H,19,20). The summed E-state index contributed by atoms with van der Waals surface area (Å²) in [5.74, 6) is 0.197.